The van der Waals surface area contributed by atoms with E-state index in [-0.39, 0.29) is 23.8 Å². The zero-order chi connectivity index (χ0) is 28.2. The number of anilines is 1. The fourth-order valence-corrected chi connectivity index (χ4v) is 7.54. The first-order valence-corrected chi connectivity index (χ1v) is 16.0. The van der Waals surface area contributed by atoms with Crippen LogP contribution in [0.25, 0.3) is 11.3 Å². The van der Waals surface area contributed by atoms with Crippen molar-refractivity contribution in [1.82, 2.24) is 20.5 Å². The molecule has 2 atom stereocenters. The molecule has 0 spiro atoms. The molecule has 3 heterocycles. The van der Waals surface area contributed by atoms with Crippen LogP contribution in [0.15, 0.2) is 60.0 Å². The summed E-state index contributed by atoms with van der Waals surface area (Å²) >= 11 is 2.99. The van der Waals surface area contributed by atoms with Gasteiger partial charge in [0.1, 0.15) is 12.6 Å². The van der Waals surface area contributed by atoms with Gasteiger partial charge in [-0.15, -0.1) is 23.1 Å². The summed E-state index contributed by atoms with van der Waals surface area (Å²) in [6.45, 7) is 1.96. The second kappa shape index (κ2) is 12.6. The van der Waals surface area contributed by atoms with Gasteiger partial charge < -0.3 is 20.7 Å². The quantitative estimate of drug-likeness (QED) is 0.348. The van der Waals surface area contributed by atoms with Crippen molar-refractivity contribution < 1.29 is 19.1 Å². The van der Waals surface area contributed by atoms with Crippen LogP contribution in [0.1, 0.15) is 41.6 Å². The third kappa shape index (κ3) is 6.74. The lowest BCUT2D eigenvalue weighted by atomic mass is 9.96. The Morgan fingerprint density at radius 3 is 2.49 bits per heavy atom. The lowest BCUT2D eigenvalue weighted by Gasteiger charge is -2.34. The molecule has 0 radical (unpaired) electrons. The van der Waals surface area contributed by atoms with E-state index in [4.69, 9.17) is 4.74 Å². The van der Waals surface area contributed by atoms with Crippen molar-refractivity contribution >= 4 is 46.1 Å². The molecule has 41 heavy (non-hydrogen) atoms. The van der Waals surface area contributed by atoms with Crippen LogP contribution in [0.5, 0.6) is 0 Å². The predicted molar refractivity (Wildman–Crippen MR) is 161 cm³/mol. The number of amides is 3. The standard InChI is InChI=1S/C30H33N5O4S2/c36-26(32-23-10-11-23)21-8-6-20(7-9-21)24-17-41-29(33-24)34-27(37)25-18-40-28(22-12-14-31-15-13-22)35(25)30(38)39-16-19-4-2-1-3-5-19/h1-9,17,22-23,25,28,31H,10-16,18H2,(H,32,36)(H,33,34,37)/t25-,28?/m0/s1. The highest BCUT2D eigenvalue weighted by Crippen LogP contribution is 2.39. The van der Waals surface area contributed by atoms with Crippen LogP contribution in [-0.4, -0.2) is 64.1 Å². The highest BCUT2D eigenvalue weighted by Gasteiger charge is 2.46. The average Bonchev–Trinajstić information content (AvgIpc) is 3.51. The fraction of sp³-hybridized carbons (Fsp3) is 0.400. The van der Waals surface area contributed by atoms with Gasteiger partial charge in [0, 0.05) is 28.3 Å². The van der Waals surface area contributed by atoms with E-state index >= 15 is 0 Å². The van der Waals surface area contributed by atoms with Crippen molar-refractivity contribution in [3.05, 3.63) is 71.1 Å². The molecule has 9 nitrogen and oxygen atoms in total. The molecule has 1 aliphatic carbocycles. The summed E-state index contributed by atoms with van der Waals surface area (Å²) in [4.78, 5) is 45.5. The van der Waals surface area contributed by atoms with Crippen LogP contribution in [0, 0.1) is 5.92 Å². The molecule has 1 aromatic heterocycles. The number of thioether (sulfide) groups is 1. The van der Waals surface area contributed by atoms with Crippen LogP contribution in [0.3, 0.4) is 0 Å². The SMILES string of the molecule is O=C(NC1CC1)c1ccc(-c2csc(NC(=O)[C@@H]3CSC(C4CCNCC4)N3C(=O)OCc3ccccc3)n2)cc1. The lowest BCUT2D eigenvalue weighted by molar-refractivity contribution is -0.120. The smallest absolute Gasteiger partial charge is 0.411 e. The number of carbonyl (C=O) groups excluding carboxylic acids is 3. The van der Waals surface area contributed by atoms with Crippen LogP contribution in [-0.2, 0) is 16.1 Å². The maximum atomic E-state index is 13.5. The van der Waals surface area contributed by atoms with E-state index in [1.54, 1.807) is 28.8 Å². The Labute approximate surface area is 247 Å². The highest BCUT2D eigenvalue weighted by atomic mass is 32.2. The summed E-state index contributed by atoms with van der Waals surface area (Å²) in [5, 5.41) is 11.5. The second-order valence-corrected chi connectivity index (χ2v) is 12.6. The van der Waals surface area contributed by atoms with E-state index in [1.165, 1.54) is 11.3 Å². The first kappa shape index (κ1) is 27.7. The molecule has 1 unspecified atom stereocenters. The molecule has 3 amide bonds. The van der Waals surface area contributed by atoms with Gasteiger partial charge in [-0.3, -0.25) is 14.5 Å². The third-order valence-corrected chi connectivity index (χ3v) is 9.85. The normalized spacial score (nSPS) is 20.9. The molecule has 2 saturated heterocycles. The van der Waals surface area contributed by atoms with E-state index in [9.17, 15) is 14.4 Å². The van der Waals surface area contributed by atoms with Crippen molar-refractivity contribution in [2.75, 3.05) is 24.2 Å². The van der Waals surface area contributed by atoms with Gasteiger partial charge in [0.05, 0.1) is 11.1 Å². The minimum Gasteiger partial charge on any atom is -0.445 e. The van der Waals surface area contributed by atoms with E-state index in [0.29, 0.717) is 34.1 Å². The van der Waals surface area contributed by atoms with Crippen molar-refractivity contribution in [1.29, 1.82) is 0 Å². The zero-order valence-electron chi connectivity index (χ0n) is 22.6. The summed E-state index contributed by atoms with van der Waals surface area (Å²) in [7, 11) is 0. The van der Waals surface area contributed by atoms with Crippen molar-refractivity contribution in [3.8, 4) is 11.3 Å². The van der Waals surface area contributed by atoms with Crippen LogP contribution < -0.4 is 16.0 Å². The minimum absolute atomic E-state index is 0.0608. The molecule has 11 heteroatoms. The number of piperidine rings is 1. The van der Waals surface area contributed by atoms with Crippen molar-refractivity contribution in [2.45, 2.75) is 49.7 Å². The lowest BCUT2D eigenvalue weighted by Crippen LogP contribution is -2.50. The number of hydrogen-bond donors (Lipinski definition) is 3. The van der Waals surface area contributed by atoms with Gasteiger partial charge in [-0.2, -0.15) is 0 Å². The van der Waals surface area contributed by atoms with E-state index in [2.05, 4.69) is 20.9 Å². The van der Waals surface area contributed by atoms with Gasteiger partial charge >= 0.3 is 6.09 Å². The Bertz CT molecular complexity index is 1370. The largest absolute Gasteiger partial charge is 0.445 e. The first-order valence-electron chi connectivity index (χ1n) is 14.0. The number of carbonyl (C=O) groups is 3. The molecule has 3 aromatic rings. The number of hydrogen-bond acceptors (Lipinski definition) is 8. The molecular formula is C30H33N5O4S2. The van der Waals surface area contributed by atoms with Crippen LogP contribution >= 0.6 is 23.1 Å². The first-order chi connectivity index (χ1) is 20.0. The molecular weight excluding hydrogens is 558 g/mol. The van der Waals surface area contributed by atoms with Gasteiger partial charge in [-0.25, -0.2) is 9.78 Å². The minimum atomic E-state index is -0.653. The molecule has 3 fully saturated rings. The van der Waals surface area contributed by atoms with E-state index in [1.807, 2.05) is 47.8 Å². The second-order valence-electron chi connectivity index (χ2n) is 10.6. The summed E-state index contributed by atoms with van der Waals surface area (Å²) in [5.41, 5.74) is 3.09. The number of ether oxygens (including phenoxy) is 1. The predicted octanol–water partition coefficient (Wildman–Crippen LogP) is 4.72. The Morgan fingerprint density at radius 2 is 1.76 bits per heavy atom. The molecule has 214 valence electrons. The summed E-state index contributed by atoms with van der Waals surface area (Å²) in [6.07, 6.45) is 3.52. The molecule has 2 aliphatic heterocycles. The number of aromatic nitrogens is 1. The van der Waals surface area contributed by atoms with E-state index in [0.717, 1.165) is 49.9 Å². The maximum Gasteiger partial charge on any atom is 0.411 e. The molecule has 1 saturated carbocycles. The fourth-order valence-electron chi connectivity index (χ4n) is 5.19. The van der Waals surface area contributed by atoms with Gasteiger partial charge in [0.25, 0.3) is 5.91 Å². The van der Waals surface area contributed by atoms with Crippen molar-refractivity contribution in [3.63, 3.8) is 0 Å². The summed E-state index contributed by atoms with van der Waals surface area (Å²) in [6, 6.07) is 16.5. The average molecular weight is 592 g/mol. The number of thiazole rings is 1. The number of nitrogens with one attached hydrogen (secondary N) is 3. The van der Waals surface area contributed by atoms with Crippen molar-refractivity contribution in [2.24, 2.45) is 5.92 Å². The summed E-state index contributed by atoms with van der Waals surface area (Å²) in [5.74, 6) is 0.473. The Balaban J connectivity index is 1.12. The topological polar surface area (TPSA) is 113 Å². The maximum absolute atomic E-state index is 13.5. The monoisotopic (exact) mass is 591 g/mol. The Morgan fingerprint density at radius 1 is 1.00 bits per heavy atom. The third-order valence-electron chi connectivity index (χ3n) is 7.63. The van der Waals surface area contributed by atoms with Gasteiger partial charge in [0.15, 0.2) is 5.13 Å². The number of rotatable bonds is 8. The molecule has 6 rings (SSSR count). The highest BCUT2D eigenvalue weighted by molar-refractivity contribution is 8.00. The zero-order valence-corrected chi connectivity index (χ0v) is 24.2. The molecule has 2 aromatic carbocycles. The molecule has 3 N–H and O–H groups in total. The number of benzene rings is 2. The van der Waals surface area contributed by atoms with Gasteiger partial charge in [-0.05, 0) is 62.4 Å². The van der Waals surface area contributed by atoms with Crippen LogP contribution in [0.2, 0.25) is 0 Å². The Hall–Kier alpha value is -3.41. The van der Waals surface area contributed by atoms with Crippen LogP contribution in [0.4, 0.5) is 9.93 Å². The molecule has 0 bridgehead atoms. The van der Waals surface area contributed by atoms with E-state index < -0.39 is 12.1 Å². The Kier molecular flexibility index (Phi) is 8.54. The summed E-state index contributed by atoms with van der Waals surface area (Å²) < 4.78 is 5.71. The molecule has 3 aliphatic rings. The van der Waals surface area contributed by atoms with Gasteiger partial charge in [-0.1, -0.05) is 42.5 Å². The van der Waals surface area contributed by atoms with Gasteiger partial charge in [0.2, 0.25) is 5.91 Å². The number of nitrogens with zero attached hydrogens (tertiary/aromatic N) is 2.